The quantitative estimate of drug-likeness (QED) is 0.808. The van der Waals surface area contributed by atoms with Gasteiger partial charge < -0.3 is 20.0 Å². The van der Waals surface area contributed by atoms with E-state index in [-0.39, 0.29) is 5.91 Å². The van der Waals surface area contributed by atoms with E-state index < -0.39 is 0 Å². The fourth-order valence-electron chi connectivity index (χ4n) is 4.00. The van der Waals surface area contributed by atoms with Crippen LogP contribution >= 0.6 is 0 Å². The molecule has 2 aliphatic heterocycles. The number of hydrogen-bond donors (Lipinski definition) is 1. The molecule has 0 aliphatic carbocycles. The van der Waals surface area contributed by atoms with Crippen molar-refractivity contribution < 1.29 is 4.79 Å². The first-order chi connectivity index (χ1) is 14.2. The topological polar surface area (TPSA) is 90.4 Å². The van der Waals surface area contributed by atoms with Gasteiger partial charge in [-0.15, -0.1) is 0 Å². The monoisotopic (exact) mass is 396 g/mol. The zero-order valence-electron chi connectivity index (χ0n) is 16.9. The van der Waals surface area contributed by atoms with Crippen molar-refractivity contribution in [3.8, 4) is 0 Å². The van der Waals surface area contributed by atoms with Crippen LogP contribution in [0.15, 0.2) is 30.7 Å². The van der Waals surface area contributed by atoms with Crippen molar-refractivity contribution in [1.82, 2.24) is 24.8 Å². The van der Waals surface area contributed by atoms with E-state index in [1.165, 1.54) is 0 Å². The maximum Gasteiger partial charge on any atom is 0.225 e. The fourth-order valence-corrected chi connectivity index (χ4v) is 4.00. The number of piperidine rings is 1. The summed E-state index contributed by atoms with van der Waals surface area (Å²) in [5.41, 5.74) is 0. The van der Waals surface area contributed by atoms with E-state index in [0.717, 1.165) is 63.9 Å². The fraction of sp³-hybridized carbons (Fsp3) is 0.550. The lowest BCUT2D eigenvalue weighted by Gasteiger charge is -2.37. The lowest BCUT2D eigenvalue weighted by Crippen LogP contribution is -2.49. The summed E-state index contributed by atoms with van der Waals surface area (Å²) >= 11 is 0. The molecule has 2 aliphatic rings. The molecule has 4 rings (SSSR count). The van der Waals surface area contributed by atoms with Gasteiger partial charge in [0.05, 0.1) is 0 Å². The standard InChI is InChI=1S/C20H28N8O/c1-21-19-22-8-3-17(25-19)26-9-4-16(5-10-26)15-18(29)27-11-13-28(14-12-27)20-23-6-2-7-24-20/h2-3,6-8,16H,4-5,9-15H2,1H3,(H,21,22,25). The average Bonchev–Trinajstić information content (AvgIpc) is 2.80. The molecule has 1 N–H and O–H groups in total. The van der Waals surface area contributed by atoms with Crippen LogP contribution in [0.2, 0.25) is 0 Å². The van der Waals surface area contributed by atoms with Crippen LogP contribution in [-0.4, -0.2) is 77.1 Å². The Kier molecular flexibility index (Phi) is 6.02. The van der Waals surface area contributed by atoms with Gasteiger partial charge in [0.2, 0.25) is 17.8 Å². The number of piperazine rings is 1. The largest absolute Gasteiger partial charge is 0.357 e. The average molecular weight is 396 g/mol. The molecular weight excluding hydrogens is 368 g/mol. The summed E-state index contributed by atoms with van der Waals surface area (Å²) < 4.78 is 0. The van der Waals surface area contributed by atoms with Gasteiger partial charge in [-0.25, -0.2) is 15.0 Å². The van der Waals surface area contributed by atoms with E-state index in [1.54, 1.807) is 18.6 Å². The number of rotatable bonds is 5. The maximum atomic E-state index is 12.8. The molecule has 4 heterocycles. The number of amides is 1. The minimum Gasteiger partial charge on any atom is -0.357 e. The number of anilines is 3. The Morgan fingerprint density at radius 3 is 2.41 bits per heavy atom. The van der Waals surface area contributed by atoms with Crippen LogP contribution in [0.3, 0.4) is 0 Å². The summed E-state index contributed by atoms with van der Waals surface area (Å²) in [5, 5.41) is 2.98. The number of nitrogens with zero attached hydrogens (tertiary/aromatic N) is 7. The van der Waals surface area contributed by atoms with Gasteiger partial charge in [0.25, 0.3) is 0 Å². The molecule has 9 nitrogen and oxygen atoms in total. The zero-order chi connectivity index (χ0) is 20.1. The number of carbonyl (C=O) groups is 1. The molecular formula is C20H28N8O. The van der Waals surface area contributed by atoms with E-state index in [2.05, 4.69) is 35.1 Å². The predicted molar refractivity (Wildman–Crippen MR) is 112 cm³/mol. The molecule has 0 spiro atoms. The molecule has 0 unspecified atom stereocenters. The van der Waals surface area contributed by atoms with Gasteiger partial charge in [0.1, 0.15) is 5.82 Å². The third-order valence-electron chi connectivity index (χ3n) is 5.73. The smallest absolute Gasteiger partial charge is 0.225 e. The van der Waals surface area contributed by atoms with Gasteiger partial charge in [-0.05, 0) is 30.9 Å². The van der Waals surface area contributed by atoms with Gasteiger partial charge in [0.15, 0.2) is 0 Å². The summed E-state index contributed by atoms with van der Waals surface area (Å²) in [5.74, 6) is 3.06. The highest BCUT2D eigenvalue weighted by molar-refractivity contribution is 5.76. The van der Waals surface area contributed by atoms with Crippen LogP contribution in [0.5, 0.6) is 0 Å². The Labute approximate surface area is 171 Å². The van der Waals surface area contributed by atoms with Crippen molar-refractivity contribution in [1.29, 1.82) is 0 Å². The summed E-state index contributed by atoms with van der Waals surface area (Å²) in [6.45, 7) is 4.91. The summed E-state index contributed by atoms with van der Waals surface area (Å²) in [7, 11) is 1.82. The molecule has 29 heavy (non-hydrogen) atoms. The van der Waals surface area contributed by atoms with Crippen molar-refractivity contribution in [3.05, 3.63) is 30.7 Å². The molecule has 0 saturated carbocycles. The number of carbonyl (C=O) groups excluding carboxylic acids is 1. The number of nitrogens with one attached hydrogen (secondary N) is 1. The SMILES string of the molecule is CNc1nccc(N2CCC(CC(=O)N3CCN(c4ncccn4)CC3)CC2)n1. The highest BCUT2D eigenvalue weighted by atomic mass is 16.2. The van der Waals surface area contributed by atoms with Crippen molar-refractivity contribution in [3.63, 3.8) is 0 Å². The van der Waals surface area contributed by atoms with Crippen LogP contribution in [-0.2, 0) is 4.79 Å². The van der Waals surface area contributed by atoms with Crippen LogP contribution in [0.25, 0.3) is 0 Å². The molecule has 2 saturated heterocycles. The molecule has 2 aromatic rings. The summed E-state index contributed by atoms with van der Waals surface area (Å²) in [6, 6.07) is 3.77. The Morgan fingerprint density at radius 1 is 1.00 bits per heavy atom. The van der Waals surface area contributed by atoms with Gasteiger partial charge in [-0.2, -0.15) is 4.98 Å². The molecule has 0 bridgehead atoms. The Morgan fingerprint density at radius 2 is 1.72 bits per heavy atom. The van der Waals surface area contributed by atoms with Crippen LogP contribution < -0.4 is 15.1 Å². The Balaban J connectivity index is 1.23. The van der Waals surface area contributed by atoms with Gasteiger partial charge in [-0.3, -0.25) is 4.79 Å². The first kappa shape index (κ1) is 19.4. The molecule has 0 aromatic carbocycles. The van der Waals surface area contributed by atoms with Crippen LogP contribution in [0, 0.1) is 5.92 Å². The number of aromatic nitrogens is 4. The van der Waals surface area contributed by atoms with Crippen molar-refractivity contribution in [2.24, 2.45) is 5.92 Å². The van der Waals surface area contributed by atoms with Crippen LogP contribution in [0.4, 0.5) is 17.7 Å². The first-order valence-corrected chi connectivity index (χ1v) is 10.3. The van der Waals surface area contributed by atoms with E-state index in [1.807, 2.05) is 24.1 Å². The first-order valence-electron chi connectivity index (χ1n) is 10.3. The predicted octanol–water partition coefficient (Wildman–Crippen LogP) is 1.26. The summed E-state index contributed by atoms with van der Waals surface area (Å²) in [6.07, 6.45) is 7.97. The summed E-state index contributed by atoms with van der Waals surface area (Å²) in [4.78, 5) is 36.5. The lowest BCUT2D eigenvalue weighted by molar-refractivity contribution is -0.132. The molecule has 1 amide bonds. The van der Waals surface area contributed by atoms with Gasteiger partial charge in [-0.1, -0.05) is 0 Å². The van der Waals surface area contributed by atoms with Gasteiger partial charge in [0, 0.05) is 71.3 Å². The molecule has 0 radical (unpaired) electrons. The highest BCUT2D eigenvalue weighted by Gasteiger charge is 2.27. The lowest BCUT2D eigenvalue weighted by atomic mass is 9.93. The second-order valence-corrected chi connectivity index (χ2v) is 7.54. The van der Waals surface area contributed by atoms with E-state index in [4.69, 9.17) is 0 Å². The minimum absolute atomic E-state index is 0.275. The Hall–Kier alpha value is -2.97. The van der Waals surface area contributed by atoms with Crippen molar-refractivity contribution in [2.45, 2.75) is 19.3 Å². The molecule has 2 aromatic heterocycles. The van der Waals surface area contributed by atoms with Gasteiger partial charge >= 0.3 is 0 Å². The van der Waals surface area contributed by atoms with E-state index in [9.17, 15) is 4.79 Å². The molecule has 0 atom stereocenters. The highest BCUT2D eigenvalue weighted by Crippen LogP contribution is 2.25. The zero-order valence-corrected chi connectivity index (χ0v) is 16.9. The van der Waals surface area contributed by atoms with Crippen molar-refractivity contribution >= 4 is 23.6 Å². The van der Waals surface area contributed by atoms with Crippen molar-refractivity contribution in [2.75, 3.05) is 61.4 Å². The third kappa shape index (κ3) is 4.72. The second-order valence-electron chi connectivity index (χ2n) is 7.54. The molecule has 154 valence electrons. The van der Waals surface area contributed by atoms with Crippen LogP contribution in [0.1, 0.15) is 19.3 Å². The molecule has 2 fully saturated rings. The van der Waals surface area contributed by atoms with E-state index >= 15 is 0 Å². The van der Waals surface area contributed by atoms with E-state index in [0.29, 0.717) is 18.3 Å². The molecule has 9 heteroatoms. The Bertz CT molecular complexity index is 801. The second kappa shape index (κ2) is 9.02. The minimum atomic E-state index is 0.275. The normalized spacial score (nSPS) is 18.0. The maximum absolute atomic E-state index is 12.8. The third-order valence-corrected chi connectivity index (χ3v) is 5.73. The number of hydrogen-bond acceptors (Lipinski definition) is 8.